The second-order valence-corrected chi connectivity index (χ2v) is 6.25. The Morgan fingerprint density at radius 2 is 2.09 bits per heavy atom. The lowest BCUT2D eigenvalue weighted by Crippen LogP contribution is -2.45. The molecule has 0 saturated heterocycles. The molecule has 0 fully saturated rings. The summed E-state index contributed by atoms with van der Waals surface area (Å²) >= 11 is 1.62. The second-order valence-electron chi connectivity index (χ2n) is 5.05. The lowest BCUT2D eigenvalue weighted by Gasteiger charge is -2.28. The molecule has 2 heterocycles. The molecular weight excluding hydrogens is 300 g/mol. The predicted molar refractivity (Wildman–Crippen MR) is 86.7 cm³/mol. The molecule has 1 aliphatic rings. The highest BCUT2D eigenvalue weighted by molar-refractivity contribution is 7.12. The van der Waals surface area contributed by atoms with Crippen LogP contribution >= 0.6 is 11.3 Å². The average molecular weight is 322 g/mol. The quantitative estimate of drug-likeness (QED) is 0.790. The number of carbonyl (C=O) groups is 2. The predicted octanol–water partition coefficient (Wildman–Crippen LogP) is 3.28. The van der Waals surface area contributed by atoms with E-state index in [0.717, 1.165) is 17.7 Å². The first-order chi connectivity index (χ1) is 10.6. The van der Waals surface area contributed by atoms with Crippen molar-refractivity contribution in [2.24, 2.45) is 0 Å². The number of carbonyl (C=O) groups excluding carboxylic acids is 2. The van der Waals surface area contributed by atoms with Gasteiger partial charge in [-0.3, -0.25) is 0 Å². The van der Waals surface area contributed by atoms with Crippen LogP contribution in [-0.4, -0.2) is 18.6 Å². The first-order valence-corrected chi connectivity index (χ1v) is 8.48. The van der Waals surface area contributed by atoms with Crippen LogP contribution in [0.2, 0.25) is 0 Å². The molecule has 0 bridgehead atoms. The Bertz CT molecular complexity index is 592. The fraction of sp³-hybridized carbons (Fsp3) is 0.500. The van der Waals surface area contributed by atoms with Crippen molar-refractivity contribution >= 4 is 23.3 Å². The van der Waals surface area contributed by atoms with Gasteiger partial charge in [-0.15, -0.1) is 11.3 Å². The normalized spacial score (nSPS) is 18.0. The van der Waals surface area contributed by atoms with Crippen LogP contribution in [0, 0.1) is 0 Å². The van der Waals surface area contributed by atoms with Gasteiger partial charge in [0, 0.05) is 15.5 Å². The van der Waals surface area contributed by atoms with Crippen LogP contribution in [0.15, 0.2) is 23.4 Å². The van der Waals surface area contributed by atoms with Crippen molar-refractivity contribution in [1.29, 1.82) is 0 Å². The van der Waals surface area contributed by atoms with Crippen LogP contribution in [0.1, 0.15) is 49.4 Å². The summed E-state index contributed by atoms with van der Waals surface area (Å²) in [6.07, 6.45) is 2.42. The van der Waals surface area contributed by atoms with Gasteiger partial charge in [-0.1, -0.05) is 20.3 Å². The van der Waals surface area contributed by atoms with E-state index in [1.807, 2.05) is 19.1 Å². The van der Waals surface area contributed by atoms with E-state index in [9.17, 15) is 9.59 Å². The Morgan fingerprint density at radius 3 is 2.68 bits per heavy atom. The van der Waals surface area contributed by atoms with Crippen molar-refractivity contribution < 1.29 is 14.3 Å². The number of esters is 1. The Kier molecular flexibility index (Phi) is 5.60. The van der Waals surface area contributed by atoms with E-state index in [-0.39, 0.29) is 12.0 Å². The summed E-state index contributed by atoms with van der Waals surface area (Å²) in [4.78, 5) is 26.5. The van der Waals surface area contributed by atoms with Crippen LogP contribution in [0.3, 0.4) is 0 Å². The SMILES string of the molecule is CCCC1=C(C(=O)OCC)C(c2ccc(CC)s2)NC(=O)N1. The number of hydrogen-bond acceptors (Lipinski definition) is 4. The Labute approximate surface area is 134 Å². The van der Waals surface area contributed by atoms with Crippen LogP contribution in [-0.2, 0) is 16.0 Å². The number of amides is 2. The van der Waals surface area contributed by atoms with E-state index in [2.05, 4.69) is 17.6 Å². The van der Waals surface area contributed by atoms with Gasteiger partial charge in [0.1, 0.15) is 0 Å². The number of hydrogen-bond donors (Lipinski definition) is 2. The Morgan fingerprint density at radius 1 is 1.32 bits per heavy atom. The standard InChI is InChI=1S/C16H22N2O3S/c1-4-7-11-13(15(19)21-6-3)14(18-16(20)17-11)12-9-8-10(5-2)22-12/h8-9,14H,4-7H2,1-3H3,(H2,17,18,20). The van der Waals surface area contributed by atoms with E-state index >= 15 is 0 Å². The molecule has 0 aliphatic carbocycles. The van der Waals surface area contributed by atoms with Gasteiger partial charge in [0.05, 0.1) is 18.2 Å². The van der Waals surface area contributed by atoms with Gasteiger partial charge in [0.15, 0.2) is 0 Å². The number of allylic oxidation sites excluding steroid dienone is 1. The average Bonchev–Trinajstić information content (AvgIpc) is 2.96. The second kappa shape index (κ2) is 7.45. The smallest absolute Gasteiger partial charge is 0.338 e. The molecule has 1 aliphatic heterocycles. The molecule has 1 unspecified atom stereocenters. The third-order valence-corrected chi connectivity index (χ3v) is 4.76. The van der Waals surface area contributed by atoms with E-state index in [1.54, 1.807) is 18.3 Å². The molecule has 0 radical (unpaired) electrons. The monoisotopic (exact) mass is 322 g/mol. The van der Waals surface area contributed by atoms with Crippen LogP contribution in [0.5, 0.6) is 0 Å². The van der Waals surface area contributed by atoms with Gasteiger partial charge in [-0.2, -0.15) is 0 Å². The summed E-state index contributed by atoms with van der Waals surface area (Å²) in [5, 5.41) is 5.61. The third-order valence-electron chi connectivity index (χ3n) is 3.46. The first kappa shape index (κ1) is 16.5. The zero-order chi connectivity index (χ0) is 16.1. The van der Waals surface area contributed by atoms with E-state index in [0.29, 0.717) is 24.3 Å². The molecule has 2 N–H and O–H groups in total. The molecule has 1 aromatic rings. The molecule has 2 amide bonds. The van der Waals surface area contributed by atoms with Gasteiger partial charge < -0.3 is 15.4 Å². The molecule has 120 valence electrons. The highest BCUT2D eigenvalue weighted by atomic mass is 32.1. The van der Waals surface area contributed by atoms with Crippen LogP contribution in [0.4, 0.5) is 4.79 Å². The molecule has 6 heteroatoms. The zero-order valence-corrected chi connectivity index (χ0v) is 14.0. The molecule has 0 aromatic carbocycles. The molecule has 0 saturated carbocycles. The summed E-state index contributed by atoms with van der Waals surface area (Å²) < 4.78 is 5.19. The summed E-state index contributed by atoms with van der Waals surface area (Å²) in [7, 11) is 0. The van der Waals surface area contributed by atoms with Crippen molar-refractivity contribution in [3.05, 3.63) is 33.2 Å². The van der Waals surface area contributed by atoms with Crippen LogP contribution < -0.4 is 10.6 Å². The molecule has 1 atom stereocenters. The van der Waals surface area contributed by atoms with E-state index < -0.39 is 6.04 Å². The van der Waals surface area contributed by atoms with Crippen LogP contribution in [0.25, 0.3) is 0 Å². The van der Waals surface area contributed by atoms with Gasteiger partial charge in [-0.25, -0.2) is 9.59 Å². The highest BCUT2D eigenvalue weighted by Crippen LogP contribution is 2.33. The Balaban J connectivity index is 2.44. The van der Waals surface area contributed by atoms with E-state index in [4.69, 9.17) is 4.74 Å². The maximum atomic E-state index is 12.4. The summed E-state index contributed by atoms with van der Waals surface area (Å²) in [6.45, 7) is 6.19. The minimum absolute atomic E-state index is 0.270. The number of urea groups is 1. The molecule has 22 heavy (non-hydrogen) atoms. The van der Waals surface area contributed by atoms with Gasteiger partial charge >= 0.3 is 12.0 Å². The van der Waals surface area contributed by atoms with Crippen molar-refractivity contribution in [1.82, 2.24) is 10.6 Å². The maximum Gasteiger partial charge on any atom is 0.338 e. The Hall–Kier alpha value is -1.82. The summed E-state index contributed by atoms with van der Waals surface area (Å²) in [5.41, 5.74) is 1.19. The molecule has 5 nitrogen and oxygen atoms in total. The number of aryl methyl sites for hydroxylation is 1. The maximum absolute atomic E-state index is 12.4. The molecular formula is C16H22N2O3S. The number of nitrogens with one attached hydrogen (secondary N) is 2. The fourth-order valence-electron chi connectivity index (χ4n) is 2.47. The van der Waals surface area contributed by atoms with Crippen molar-refractivity contribution in [3.63, 3.8) is 0 Å². The number of thiophene rings is 1. The largest absolute Gasteiger partial charge is 0.463 e. The van der Waals surface area contributed by atoms with Gasteiger partial charge in [0.25, 0.3) is 0 Å². The molecule has 2 rings (SSSR count). The number of ether oxygens (including phenoxy) is 1. The summed E-state index contributed by atoms with van der Waals surface area (Å²) in [5.74, 6) is -0.366. The molecule has 1 aromatic heterocycles. The van der Waals surface area contributed by atoms with Crippen molar-refractivity contribution in [2.45, 2.75) is 46.1 Å². The first-order valence-electron chi connectivity index (χ1n) is 7.66. The summed E-state index contributed by atoms with van der Waals surface area (Å²) in [6, 6.07) is 3.31. The van der Waals surface area contributed by atoms with Gasteiger partial charge in [0.2, 0.25) is 0 Å². The minimum Gasteiger partial charge on any atom is -0.463 e. The highest BCUT2D eigenvalue weighted by Gasteiger charge is 2.34. The zero-order valence-electron chi connectivity index (χ0n) is 13.2. The topological polar surface area (TPSA) is 67.4 Å². The minimum atomic E-state index is -0.431. The number of rotatable bonds is 6. The lowest BCUT2D eigenvalue weighted by atomic mass is 9.99. The lowest BCUT2D eigenvalue weighted by molar-refractivity contribution is -0.139. The van der Waals surface area contributed by atoms with Gasteiger partial charge in [-0.05, 0) is 31.9 Å². The fourth-order valence-corrected chi connectivity index (χ4v) is 3.48. The molecule has 0 spiro atoms. The third kappa shape index (κ3) is 3.50. The van der Waals surface area contributed by atoms with E-state index in [1.165, 1.54) is 4.88 Å². The van der Waals surface area contributed by atoms with Crippen molar-refractivity contribution in [3.8, 4) is 0 Å². The van der Waals surface area contributed by atoms with Crippen molar-refractivity contribution in [2.75, 3.05) is 6.61 Å².